The van der Waals surface area contributed by atoms with Crippen LogP contribution in [0.2, 0.25) is 0 Å². The summed E-state index contributed by atoms with van der Waals surface area (Å²) >= 11 is 0. The van der Waals surface area contributed by atoms with Gasteiger partial charge in [0.2, 0.25) is 10.0 Å². The van der Waals surface area contributed by atoms with Gasteiger partial charge in [-0.3, -0.25) is 15.6 Å². The van der Waals surface area contributed by atoms with Gasteiger partial charge >= 0.3 is 0 Å². The van der Waals surface area contributed by atoms with Crippen LogP contribution < -0.4 is 21.1 Å². The first-order valence-electron chi connectivity index (χ1n) is 6.28. The Kier molecular flexibility index (Phi) is 4.63. The molecule has 9 heteroatoms. The molecule has 0 aromatic heterocycles. The molecule has 0 atom stereocenters. The number of carbonyl (C=O) groups is 2. The fourth-order valence-corrected chi connectivity index (χ4v) is 2.30. The second kappa shape index (κ2) is 6.46. The molecule has 120 valence electrons. The maximum absolute atomic E-state index is 12.0. The first-order chi connectivity index (χ1) is 10.8. The van der Waals surface area contributed by atoms with E-state index < -0.39 is 21.9 Å². The fourth-order valence-electron chi connectivity index (χ4n) is 1.78. The van der Waals surface area contributed by atoms with Crippen LogP contribution >= 0.6 is 0 Å². The molecule has 4 N–H and O–H groups in total. The first kappa shape index (κ1) is 16.5. The van der Waals surface area contributed by atoms with E-state index in [9.17, 15) is 23.1 Å². The molecule has 0 radical (unpaired) electrons. The quantitative estimate of drug-likeness (QED) is 0.627. The number of hydrogen-bond donors (Lipinski definition) is 3. The lowest BCUT2D eigenvalue weighted by Crippen LogP contribution is -2.32. The summed E-state index contributed by atoms with van der Waals surface area (Å²) in [6, 6.07) is 10.9. The molecule has 0 fully saturated rings. The smallest absolute Gasteiger partial charge is 0.270 e. The summed E-state index contributed by atoms with van der Waals surface area (Å²) in [6.45, 7) is 0. The van der Waals surface area contributed by atoms with Gasteiger partial charge in [-0.05, 0) is 30.3 Å². The van der Waals surface area contributed by atoms with Crippen LogP contribution in [0.5, 0.6) is 0 Å². The van der Waals surface area contributed by atoms with Gasteiger partial charge in [-0.25, -0.2) is 13.6 Å². The zero-order valence-electron chi connectivity index (χ0n) is 11.6. The van der Waals surface area contributed by atoms with Crippen LogP contribution in [-0.2, 0) is 10.0 Å². The second-order valence-corrected chi connectivity index (χ2v) is 6.04. The van der Waals surface area contributed by atoms with Crippen LogP contribution in [0.15, 0.2) is 53.4 Å². The highest BCUT2D eigenvalue weighted by molar-refractivity contribution is 7.89. The summed E-state index contributed by atoms with van der Waals surface area (Å²) in [4.78, 5) is 22.9. The zero-order valence-corrected chi connectivity index (χ0v) is 12.5. The monoisotopic (exact) mass is 334 g/mol. The molecular weight excluding hydrogens is 322 g/mol. The number of sulfonamides is 1. The zero-order chi connectivity index (χ0) is 17.0. The Morgan fingerprint density at radius 1 is 0.957 bits per heavy atom. The lowest BCUT2D eigenvalue weighted by molar-refractivity contribution is -0.255. The van der Waals surface area contributed by atoms with Gasteiger partial charge in [0.25, 0.3) is 5.91 Å². The molecule has 1 amide bonds. The summed E-state index contributed by atoms with van der Waals surface area (Å²) < 4.78 is 22.2. The summed E-state index contributed by atoms with van der Waals surface area (Å²) in [7, 11) is -3.80. The van der Waals surface area contributed by atoms with Gasteiger partial charge in [-0.1, -0.05) is 18.2 Å². The summed E-state index contributed by atoms with van der Waals surface area (Å²) in [5, 5.41) is 15.9. The van der Waals surface area contributed by atoms with E-state index >= 15 is 0 Å². The lowest BCUT2D eigenvalue weighted by Gasteiger charge is -2.12. The van der Waals surface area contributed by atoms with Gasteiger partial charge in [0.05, 0.1) is 22.1 Å². The molecule has 0 aliphatic rings. The number of benzene rings is 2. The van der Waals surface area contributed by atoms with Gasteiger partial charge in [0.1, 0.15) is 0 Å². The minimum atomic E-state index is -3.80. The summed E-state index contributed by atoms with van der Waals surface area (Å²) in [5.74, 6) is -2.14. The third-order valence-electron chi connectivity index (χ3n) is 2.89. The van der Waals surface area contributed by atoms with Crippen molar-refractivity contribution in [3.05, 3.63) is 59.7 Å². The van der Waals surface area contributed by atoms with Crippen molar-refractivity contribution in [1.82, 2.24) is 5.43 Å². The Hall–Kier alpha value is -2.91. The summed E-state index contributed by atoms with van der Waals surface area (Å²) in [6.07, 6.45) is 0. The number of hydrazine groups is 1. The minimum absolute atomic E-state index is 0.0684. The van der Waals surface area contributed by atoms with Crippen molar-refractivity contribution >= 4 is 27.6 Å². The molecule has 0 aliphatic heterocycles. The maximum Gasteiger partial charge on any atom is 0.270 e. The van der Waals surface area contributed by atoms with Gasteiger partial charge in [-0.15, -0.1) is 0 Å². The van der Waals surface area contributed by atoms with Crippen molar-refractivity contribution in [1.29, 1.82) is 0 Å². The van der Waals surface area contributed by atoms with Crippen molar-refractivity contribution in [2.45, 2.75) is 4.90 Å². The molecule has 2 aromatic carbocycles. The highest BCUT2D eigenvalue weighted by Crippen LogP contribution is 2.12. The number of hydrogen-bond acceptors (Lipinski definition) is 6. The standard InChI is InChI=1S/C14H13N3O5S/c15-23(21,22)10-7-5-9(6-8-10)16-17-13(18)11-3-1-2-4-12(11)14(19)20/h1-8,16H,(H,17,18)(H,19,20)(H2,15,21,22)/p-1. The predicted molar refractivity (Wildman–Crippen MR) is 79.7 cm³/mol. The van der Waals surface area contributed by atoms with E-state index in [4.69, 9.17) is 5.14 Å². The highest BCUT2D eigenvalue weighted by Gasteiger charge is 2.11. The van der Waals surface area contributed by atoms with Gasteiger partial charge in [0.15, 0.2) is 0 Å². The van der Waals surface area contributed by atoms with Crippen molar-refractivity contribution < 1.29 is 23.1 Å². The van der Waals surface area contributed by atoms with Crippen LogP contribution in [0.4, 0.5) is 5.69 Å². The van der Waals surface area contributed by atoms with Crippen molar-refractivity contribution in [2.24, 2.45) is 5.14 Å². The van der Waals surface area contributed by atoms with Gasteiger partial charge in [0, 0.05) is 5.56 Å². The molecule has 0 aliphatic carbocycles. The van der Waals surface area contributed by atoms with Crippen molar-refractivity contribution in [2.75, 3.05) is 5.43 Å². The Morgan fingerprint density at radius 2 is 1.52 bits per heavy atom. The van der Waals surface area contributed by atoms with Crippen LogP contribution in [0.3, 0.4) is 0 Å². The number of nitrogens with two attached hydrogens (primary N) is 1. The predicted octanol–water partition coefficient (Wildman–Crippen LogP) is -0.546. The summed E-state index contributed by atoms with van der Waals surface area (Å²) in [5.41, 5.74) is 4.93. The van der Waals surface area contributed by atoms with Crippen molar-refractivity contribution in [3.8, 4) is 0 Å². The number of aromatic carboxylic acids is 1. The number of rotatable bonds is 5. The number of anilines is 1. The van der Waals surface area contributed by atoms with Crippen LogP contribution in [-0.4, -0.2) is 20.3 Å². The fraction of sp³-hybridized carbons (Fsp3) is 0. The van der Waals surface area contributed by atoms with E-state index in [1.54, 1.807) is 0 Å². The average molecular weight is 334 g/mol. The van der Waals surface area contributed by atoms with E-state index in [1.807, 2.05) is 0 Å². The SMILES string of the molecule is NS(=O)(=O)c1ccc(NNC(=O)c2ccccc2C(=O)[O-])cc1. The number of nitrogens with one attached hydrogen (secondary N) is 2. The van der Waals surface area contributed by atoms with Crippen LogP contribution in [0, 0.1) is 0 Å². The molecular formula is C14H12N3O5S-. The Labute approximate surface area is 132 Å². The number of amides is 1. The van der Waals surface area contributed by atoms with Crippen molar-refractivity contribution in [3.63, 3.8) is 0 Å². The first-order valence-corrected chi connectivity index (χ1v) is 7.83. The number of carboxylic acids is 1. The molecule has 2 aromatic rings. The topological polar surface area (TPSA) is 141 Å². The van der Waals surface area contributed by atoms with Gasteiger partial charge < -0.3 is 9.90 Å². The van der Waals surface area contributed by atoms with Gasteiger partial charge in [-0.2, -0.15) is 0 Å². The number of carbonyl (C=O) groups excluding carboxylic acids is 2. The van der Waals surface area contributed by atoms with E-state index in [2.05, 4.69) is 10.9 Å². The normalized spacial score (nSPS) is 10.8. The largest absolute Gasteiger partial charge is 0.545 e. The molecule has 0 saturated carbocycles. The lowest BCUT2D eigenvalue weighted by atomic mass is 10.1. The third-order valence-corrected chi connectivity index (χ3v) is 3.82. The van der Waals surface area contributed by atoms with E-state index in [-0.39, 0.29) is 16.0 Å². The van der Waals surface area contributed by atoms with E-state index in [0.29, 0.717) is 5.69 Å². The average Bonchev–Trinajstić information content (AvgIpc) is 2.52. The Morgan fingerprint density at radius 3 is 2.04 bits per heavy atom. The van der Waals surface area contributed by atoms with Crippen LogP contribution in [0.1, 0.15) is 20.7 Å². The molecule has 23 heavy (non-hydrogen) atoms. The molecule has 0 heterocycles. The Bertz CT molecular complexity index is 847. The third kappa shape index (κ3) is 4.05. The molecule has 0 bridgehead atoms. The molecule has 0 spiro atoms. The molecule has 8 nitrogen and oxygen atoms in total. The van der Waals surface area contributed by atoms with E-state index in [1.165, 1.54) is 48.5 Å². The molecule has 0 saturated heterocycles. The van der Waals surface area contributed by atoms with E-state index in [0.717, 1.165) is 0 Å². The maximum atomic E-state index is 12.0. The minimum Gasteiger partial charge on any atom is -0.545 e. The molecule has 0 unspecified atom stereocenters. The Balaban J connectivity index is 2.09. The number of carboxylic acid groups (broad SMARTS) is 1. The van der Waals surface area contributed by atoms with Crippen LogP contribution in [0.25, 0.3) is 0 Å². The number of primary sulfonamides is 1. The second-order valence-electron chi connectivity index (χ2n) is 4.48. The highest BCUT2D eigenvalue weighted by atomic mass is 32.2. The molecule has 2 rings (SSSR count).